The van der Waals surface area contributed by atoms with Crippen LogP contribution in [0.2, 0.25) is 0 Å². The molecule has 1 saturated heterocycles. The molecule has 0 radical (unpaired) electrons. The second-order valence-corrected chi connectivity index (χ2v) is 5.78. The van der Waals surface area contributed by atoms with E-state index in [4.69, 9.17) is 4.74 Å². The molecular weight excluding hydrogens is 363 g/mol. The van der Waals surface area contributed by atoms with Crippen LogP contribution in [-0.2, 0) is 22.6 Å². The summed E-state index contributed by atoms with van der Waals surface area (Å²) in [5.74, 6) is -0.0142. The Kier molecular flexibility index (Phi) is 8.92. The van der Waals surface area contributed by atoms with Crippen LogP contribution in [0.1, 0.15) is 18.1 Å². The van der Waals surface area contributed by atoms with E-state index in [1.54, 1.807) is 12.5 Å². The molecule has 1 amide bonds. The van der Waals surface area contributed by atoms with Gasteiger partial charge in [0.1, 0.15) is 6.04 Å². The zero-order chi connectivity index (χ0) is 16.1. The highest BCUT2D eigenvalue weighted by molar-refractivity contribution is 5.85. The molecule has 8 heteroatoms. The van der Waals surface area contributed by atoms with Gasteiger partial charge in [-0.15, -0.1) is 24.8 Å². The van der Waals surface area contributed by atoms with E-state index in [2.05, 4.69) is 27.8 Å². The molecule has 25 heavy (non-hydrogen) atoms. The van der Waals surface area contributed by atoms with E-state index >= 15 is 0 Å². The number of hydrogen-bond donors (Lipinski definition) is 2. The summed E-state index contributed by atoms with van der Waals surface area (Å²) in [6.45, 7) is 4.61. The Hall–Kier alpha value is -1.60. The van der Waals surface area contributed by atoms with Crippen LogP contribution in [0.25, 0.3) is 0 Å². The molecule has 2 heterocycles. The maximum atomic E-state index is 12.2. The first-order chi connectivity index (χ1) is 11.2. The number of nitrogens with zero attached hydrogens (tertiary/aromatic N) is 2. The number of carbonyl (C=O) groups is 1. The van der Waals surface area contributed by atoms with Gasteiger partial charge in [0.15, 0.2) is 0 Å². The van der Waals surface area contributed by atoms with Gasteiger partial charge < -0.3 is 19.9 Å². The highest BCUT2D eigenvalue weighted by Gasteiger charge is 2.27. The van der Waals surface area contributed by atoms with E-state index < -0.39 is 0 Å². The number of ether oxygens (including phenoxy) is 1. The van der Waals surface area contributed by atoms with Gasteiger partial charge in [-0.2, -0.15) is 0 Å². The number of carbonyl (C=O) groups excluding carboxylic acids is 1. The van der Waals surface area contributed by atoms with Crippen molar-refractivity contribution < 1.29 is 9.53 Å². The number of amides is 1. The Morgan fingerprint density at radius 1 is 1.32 bits per heavy atom. The second-order valence-electron chi connectivity index (χ2n) is 5.78. The van der Waals surface area contributed by atoms with Gasteiger partial charge in [-0.05, 0) is 18.1 Å². The maximum Gasteiger partial charge on any atom is 0.240 e. The van der Waals surface area contributed by atoms with Gasteiger partial charge in [0.2, 0.25) is 5.91 Å². The molecular formula is C17H24Cl2N4O2. The van der Waals surface area contributed by atoms with Crippen molar-refractivity contribution in [2.24, 2.45) is 0 Å². The van der Waals surface area contributed by atoms with E-state index in [0.29, 0.717) is 19.7 Å². The zero-order valence-corrected chi connectivity index (χ0v) is 15.7. The smallest absolute Gasteiger partial charge is 0.240 e. The molecule has 1 aromatic carbocycles. The molecule has 3 rings (SSSR count). The molecule has 0 saturated carbocycles. The molecule has 2 aromatic rings. The van der Waals surface area contributed by atoms with Crippen LogP contribution in [-0.4, -0.2) is 40.8 Å². The van der Waals surface area contributed by atoms with Crippen LogP contribution in [0.4, 0.5) is 0 Å². The summed E-state index contributed by atoms with van der Waals surface area (Å²) in [7, 11) is 0. The summed E-state index contributed by atoms with van der Waals surface area (Å²) in [5.41, 5.74) is 2.28. The van der Waals surface area contributed by atoms with E-state index in [0.717, 1.165) is 12.1 Å². The number of rotatable bonds is 5. The van der Waals surface area contributed by atoms with Crippen LogP contribution in [0.15, 0.2) is 43.0 Å². The Morgan fingerprint density at radius 3 is 2.68 bits per heavy atom. The largest absolute Gasteiger partial charge is 0.375 e. The molecule has 1 fully saturated rings. The number of aromatic nitrogens is 2. The fourth-order valence-electron chi connectivity index (χ4n) is 2.68. The predicted molar refractivity (Wildman–Crippen MR) is 101 cm³/mol. The molecule has 0 bridgehead atoms. The standard InChI is InChI=1S/C17H22N4O2.2ClH/c1-13-16(19-7-9-23-13)17(22)20-10-14-2-4-15(5-3-14)11-21-8-6-18-12-21;;/h2-6,8,12-13,16,19H,7,9-11H2,1H3,(H,20,22);2*1H/t13-,16+;;/m1../s1. The number of benzene rings is 1. The predicted octanol–water partition coefficient (Wildman–Crippen LogP) is 1.77. The summed E-state index contributed by atoms with van der Waals surface area (Å²) in [4.78, 5) is 16.2. The molecule has 1 aromatic heterocycles. The van der Waals surface area contributed by atoms with E-state index in [-0.39, 0.29) is 42.9 Å². The average molecular weight is 387 g/mol. The monoisotopic (exact) mass is 386 g/mol. The van der Waals surface area contributed by atoms with Crippen molar-refractivity contribution in [1.82, 2.24) is 20.2 Å². The molecule has 0 unspecified atom stereocenters. The summed E-state index contributed by atoms with van der Waals surface area (Å²) >= 11 is 0. The van der Waals surface area contributed by atoms with Crippen LogP contribution < -0.4 is 10.6 Å². The topological polar surface area (TPSA) is 68.2 Å². The Morgan fingerprint density at radius 2 is 2.04 bits per heavy atom. The molecule has 1 aliphatic rings. The van der Waals surface area contributed by atoms with Gasteiger partial charge in [0.05, 0.1) is 19.0 Å². The normalized spacial score (nSPS) is 19.4. The van der Waals surface area contributed by atoms with Crippen molar-refractivity contribution in [1.29, 1.82) is 0 Å². The lowest BCUT2D eigenvalue weighted by Crippen LogP contribution is -2.55. The average Bonchev–Trinajstić information content (AvgIpc) is 3.07. The van der Waals surface area contributed by atoms with Crippen LogP contribution in [0, 0.1) is 0 Å². The lowest BCUT2D eigenvalue weighted by molar-refractivity contribution is -0.129. The summed E-state index contributed by atoms with van der Waals surface area (Å²) in [6, 6.07) is 7.96. The third-order valence-corrected chi connectivity index (χ3v) is 4.01. The second kappa shape index (κ2) is 10.4. The SMILES string of the molecule is C[C@H]1OCCN[C@@H]1C(=O)NCc1ccc(Cn2ccnc2)cc1.Cl.Cl. The van der Waals surface area contributed by atoms with Crippen molar-refractivity contribution in [3.63, 3.8) is 0 Å². The number of hydrogen-bond acceptors (Lipinski definition) is 4. The van der Waals surface area contributed by atoms with Gasteiger partial charge in [-0.25, -0.2) is 4.98 Å². The molecule has 0 spiro atoms. The van der Waals surface area contributed by atoms with Gasteiger partial charge in [0, 0.05) is 32.0 Å². The van der Waals surface area contributed by atoms with E-state index in [9.17, 15) is 4.79 Å². The van der Waals surface area contributed by atoms with Crippen LogP contribution in [0.3, 0.4) is 0 Å². The highest BCUT2D eigenvalue weighted by Crippen LogP contribution is 2.08. The minimum Gasteiger partial charge on any atom is -0.375 e. The van der Waals surface area contributed by atoms with Crippen LogP contribution >= 0.6 is 24.8 Å². The molecule has 1 aliphatic heterocycles. The maximum absolute atomic E-state index is 12.2. The first-order valence-corrected chi connectivity index (χ1v) is 7.88. The lowest BCUT2D eigenvalue weighted by Gasteiger charge is -2.29. The lowest BCUT2D eigenvalue weighted by atomic mass is 10.1. The molecule has 0 aliphatic carbocycles. The third kappa shape index (κ3) is 6.01. The van der Waals surface area contributed by atoms with Gasteiger partial charge in [0.25, 0.3) is 0 Å². The number of imidazole rings is 1. The summed E-state index contributed by atoms with van der Waals surface area (Å²) in [6.07, 6.45) is 5.41. The number of nitrogens with one attached hydrogen (secondary N) is 2. The Labute approximate surface area is 160 Å². The van der Waals surface area contributed by atoms with Crippen molar-refractivity contribution >= 4 is 30.7 Å². The van der Waals surface area contributed by atoms with Crippen molar-refractivity contribution in [2.45, 2.75) is 32.2 Å². The molecule has 2 N–H and O–H groups in total. The first kappa shape index (κ1) is 21.4. The number of halogens is 2. The highest BCUT2D eigenvalue weighted by atomic mass is 35.5. The first-order valence-electron chi connectivity index (χ1n) is 7.88. The minimum absolute atomic E-state index is 0. The minimum atomic E-state index is -0.274. The zero-order valence-electron chi connectivity index (χ0n) is 14.1. The van der Waals surface area contributed by atoms with Crippen molar-refractivity contribution in [3.05, 3.63) is 54.1 Å². The van der Waals surface area contributed by atoms with Gasteiger partial charge >= 0.3 is 0 Å². The van der Waals surface area contributed by atoms with Crippen molar-refractivity contribution in [2.75, 3.05) is 13.2 Å². The number of morpholine rings is 1. The van der Waals surface area contributed by atoms with Crippen LogP contribution in [0.5, 0.6) is 0 Å². The van der Waals surface area contributed by atoms with Crippen molar-refractivity contribution in [3.8, 4) is 0 Å². The fraction of sp³-hybridized carbons (Fsp3) is 0.412. The molecule has 2 atom stereocenters. The quantitative estimate of drug-likeness (QED) is 0.821. The molecule has 138 valence electrons. The Balaban J connectivity index is 0.00000156. The van der Waals surface area contributed by atoms with E-state index in [1.165, 1.54) is 5.56 Å². The summed E-state index contributed by atoms with van der Waals surface area (Å²) < 4.78 is 7.52. The van der Waals surface area contributed by atoms with Gasteiger partial charge in [-0.1, -0.05) is 24.3 Å². The molecule has 6 nitrogen and oxygen atoms in total. The Bertz CT molecular complexity index is 635. The van der Waals surface area contributed by atoms with E-state index in [1.807, 2.05) is 29.8 Å². The summed E-state index contributed by atoms with van der Waals surface area (Å²) in [5, 5.41) is 6.16. The fourth-order valence-corrected chi connectivity index (χ4v) is 2.68. The third-order valence-electron chi connectivity index (χ3n) is 4.01. The van der Waals surface area contributed by atoms with Gasteiger partial charge in [-0.3, -0.25) is 4.79 Å².